The molecular formula is C24H30N2O6S. The van der Waals surface area contributed by atoms with Gasteiger partial charge in [-0.25, -0.2) is 8.42 Å². The molecule has 0 spiro atoms. The first-order valence-electron chi connectivity index (χ1n) is 11.1. The molecule has 1 aliphatic carbocycles. The monoisotopic (exact) mass is 474 g/mol. The topological polar surface area (TPSA) is 105 Å². The molecule has 1 aliphatic heterocycles. The van der Waals surface area contributed by atoms with Crippen molar-refractivity contribution in [1.29, 1.82) is 0 Å². The standard InChI is InChI=1S/C24H30N2O6S/c1-4-32-21-12-16(10-11-20(21)31-2)19(14-33(3,29)30)26-13-17-6-5-7-18(22(17)24(26)28)25-23(27)15-8-9-15/h5-7,10-12,15,19,24,28H,4,8-9,13-14H2,1-3H3,(H,25,27)/t19?,24-/m1/s1. The van der Waals surface area contributed by atoms with Gasteiger partial charge in [0.05, 0.1) is 25.5 Å². The summed E-state index contributed by atoms with van der Waals surface area (Å²) in [5.41, 5.74) is 2.74. The number of rotatable bonds is 9. The third kappa shape index (κ3) is 5.15. The first-order valence-corrected chi connectivity index (χ1v) is 13.1. The number of hydrogen-bond donors (Lipinski definition) is 2. The van der Waals surface area contributed by atoms with Crippen LogP contribution in [0.25, 0.3) is 0 Å². The second-order valence-corrected chi connectivity index (χ2v) is 10.8. The lowest BCUT2D eigenvalue weighted by Gasteiger charge is -2.31. The summed E-state index contributed by atoms with van der Waals surface area (Å²) in [6.45, 7) is 2.64. The van der Waals surface area contributed by atoms with Gasteiger partial charge in [0.15, 0.2) is 11.5 Å². The summed E-state index contributed by atoms with van der Waals surface area (Å²) in [6.07, 6.45) is 1.88. The molecule has 2 aromatic carbocycles. The zero-order chi connectivity index (χ0) is 23.8. The number of amides is 1. The van der Waals surface area contributed by atoms with Crippen molar-refractivity contribution < 1.29 is 27.8 Å². The van der Waals surface area contributed by atoms with Crippen molar-refractivity contribution in [1.82, 2.24) is 4.90 Å². The Morgan fingerprint density at radius 1 is 1.24 bits per heavy atom. The van der Waals surface area contributed by atoms with Gasteiger partial charge in [0, 0.05) is 30.0 Å². The molecule has 0 radical (unpaired) electrons. The van der Waals surface area contributed by atoms with E-state index in [1.165, 1.54) is 6.26 Å². The van der Waals surface area contributed by atoms with E-state index in [1.807, 2.05) is 19.1 Å². The van der Waals surface area contributed by atoms with Crippen molar-refractivity contribution in [2.45, 2.75) is 38.6 Å². The Kier molecular flexibility index (Phi) is 6.65. The number of fused-ring (bicyclic) bond motifs is 1. The average Bonchev–Trinajstić information content (AvgIpc) is 3.56. The Morgan fingerprint density at radius 2 is 2.00 bits per heavy atom. The van der Waals surface area contributed by atoms with Gasteiger partial charge in [0.1, 0.15) is 16.1 Å². The minimum absolute atomic E-state index is 0.0322. The van der Waals surface area contributed by atoms with Gasteiger partial charge in [-0.1, -0.05) is 18.2 Å². The van der Waals surface area contributed by atoms with Crippen LogP contribution in [-0.2, 0) is 21.2 Å². The molecule has 0 saturated heterocycles. The van der Waals surface area contributed by atoms with Gasteiger partial charge >= 0.3 is 0 Å². The van der Waals surface area contributed by atoms with E-state index in [4.69, 9.17) is 9.47 Å². The Bertz CT molecular complexity index is 1150. The first-order chi connectivity index (χ1) is 15.7. The first kappa shape index (κ1) is 23.5. The van der Waals surface area contributed by atoms with Gasteiger partial charge < -0.3 is 19.9 Å². The van der Waals surface area contributed by atoms with Crippen LogP contribution >= 0.6 is 0 Å². The van der Waals surface area contributed by atoms with E-state index in [1.54, 1.807) is 36.3 Å². The molecule has 4 rings (SSSR count). The highest BCUT2D eigenvalue weighted by molar-refractivity contribution is 7.90. The highest BCUT2D eigenvalue weighted by Crippen LogP contribution is 2.44. The van der Waals surface area contributed by atoms with Crippen LogP contribution in [0.4, 0.5) is 5.69 Å². The SMILES string of the molecule is CCOc1cc(C(CS(C)(=O)=O)N2Cc3cccc(NC(=O)C4CC4)c3[C@H]2O)ccc1OC. The van der Waals surface area contributed by atoms with Gasteiger partial charge in [-0.15, -0.1) is 0 Å². The second-order valence-electron chi connectivity index (χ2n) is 8.64. The molecular weight excluding hydrogens is 444 g/mol. The summed E-state index contributed by atoms with van der Waals surface area (Å²) in [5.74, 6) is 0.872. The molecule has 2 aromatic rings. The molecule has 8 nitrogen and oxygen atoms in total. The molecule has 0 aromatic heterocycles. The summed E-state index contributed by atoms with van der Waals surface area (Å²) >= 11 is 0. The Hall–Kier alpha value is -2.62. The number of hydrogen-bond acceptors (Lipinski definition) is 7. The molecule has 2 atom stereocenters. The largest absolute Gasteiger partial charge is 0.493 e. The van der Waals surface area contributed by atoms with Crippen LogP contribution in [0.3, 0.4) is 0 Å². The molecule has 0 bridgehead atoms. The number of benzene rings is 2. The Labute approximate surface area is 194 Å². The smallest absolute Gasteiger partial charge is 0.227 e. The van der Waals surface area contributed by atoms with E-state index in [2.05, 4.69) is 5.32 Å². The van der Waals surface area contributed by atoms with E-state index in [0.29, 0.717) is 41.5 Å². The summed E-state index contributed by atoms with van der Waals surface area (Å²) in [5, 5.41) is 14.3. The molecule has 1 heterocycles. The number of carbonyl (C=O) groups is 1. The van der Waals surface area contributed by atoms with Gasteiger partial charge in [0.2, 0.25) is 5.91 Å². The van der Waals surface area contributed by atoms with E-state index >= 15 is 0 Å². The van der Waals surface area contributed by atoms with Crippen molar-refractivity contribution in [3.05, 3.63) is 53.1 Å². The molecule has 2 aliphatic rings. The number of sulfone groups is 1. The van der Waals surface area contributed by atoms with Crippen molar-refractivity contribution in [2.24, 2.45) is 5.92 Å². The third-order valence-electron chi connectivity index (χ3n) is 6.06. The van der Waals surface area contributed by atoms with Crippen LogP contribution in [0.5, 0.6) is 11.5 Å². The number of anilines is 1. The van der Waals surface area contributed by atoms with Crippen molar-refractivity contribution >= 4 is 21.4 Å². The van der Waals surface area contributed by atoms with Crippen LogP contribution in [0.15, 0.2) is 36.4 Å². The highest BCUT2D eigenvalue weighted by atomic mass is 32.2. The fourth-order valence-corrected chi connectivity index (χ4v) is 5.27. The maximum Gasteiger partial charge on any atom is 0.227 e. The van der Waals surface area contributed by atoms with Gasteiger partial charge in [-0.05, 0) is 49.1 Å². The van der Waals surface area contributed by atoms with Crippen LogP contribution in [0, 0.1) is 5.92 Å². The van der Waals surface area contributed by atoms with Crippen molar-refractivity contribution in [3.8, 4) is 11.5 Å². The lowest BCUT2D eigenvalue weighted by molar-refractivity contribution is -0.117. The van der Waals surface area contributed by atoms with Gasteiger partial charge in [-0.3, -0.25) is 9.69 Å². The number of nitrogens with zero attached hydrogens (tertiary/aromatic N) is 1. The maximum atomic E-state index is 12.4. The predicted octanol–water partition coefficient (Wildman–Crippen LogP) is 3.03. The van der Waals surface area contributed by atoms with Crippen LogP contribution in [0.2, 0.25) is 0 Å². The molecule has 33 heavy (non-hydrogen) atoms. The average molecular weight is 475 g/mol. The molecule has 1 saturated carbocycles. The number of methoxy groups -OCH3 is 1. The summed E-state index contributed by atoms with van der Waals surface area (Å²) in [7, 11) is -1.84. The Balaban J connectivity index is 1.69. The fourth-order valence-electron chi connectivity index (χ4n) is 4.31. The van der Waals surface area contributed by atoms with Gasteiger partial charge in [0.25, 0.3) is 0 Å². The molecule has 9 heteroatoms. The number of carbonyl (C=O) groups excluding carboxylic acids is 1. The van der Waals surface area contributed by atoms with E-state index in [-0.39, 0.29) is 17.6 Å². The summed E-state index contributed by atoms with van der Waals surface area (Å²) < 4.78 is 35.8. The fraction of sp³-hybridized carbons (Fsp3) is 0.458. The lowest BCUT2D eigenvalue weighted by Crippen LogP contribution is -2.32. The van der Waals surface area contributed by atoms with E-state index in [0.717, 1.165) is 18.4 Å². The summed E-state index contributed by atoms with van der Waals surface area (Å²) in [4.78, 5) is 14.1. The third-order valence-corrected chi connectivity index (χ3v) is 6.98. The lowest BCUT2D eigenvalue weighted by atomic mass is 10.1. The van der Waals surface area contributed by atoms with Crippen molar-refractivity contribution in [3.63, 3.8) is 0 Å². The molecule has 178 valence electrons. The number of aliphatic hydroxyl groups excluding tert-OH is 1. The molecule has 1 fully saturated rings. The van der Waals surface area contributed by atoms with Crippen LogP contribution in [0.1, 0.15) is 48.7 Å². The molecule has 1 unspecified atom stereocenters. The van der Waals surface area contributed by atoms with Gasteiger partial charge in [-0.2, -0.15) is 0 Å². The summed E-state index contributed by atoms with van der Waals surface area (Å²) in [6, 6.07) is 10.2. The zero-order valence-corrected chi connectivity index (χ0v) is 19.9. The van der Waals surface area contributed by atoms with Crippen LogP contribution < -0.4 is 14.8 Å². The maximum absolute atomic E-state index is 12.4. The zero-order valence-electron chi connectivity index (χ0n) is 19.1. The number of ether oxygens (including phenoxy) is 2. The minimum atomic E-state index is -3.39. The second kappa shape index (κ2) is 9.32. The van der Waals surface area contributed by atoms with E-state index < -0.39 is 22.1 Å². The molecule has 2 N–H and O–H groups in total. The minimum Gasteiger partial charge on any atom is -0.493 e. The van der Waals surface area contributed by atoms with Crippen LogP contribution in [-0.4, -0.2) is 50.1 Å². The quantitative estimate of drug-likeness (QED) is 0.576. The molecule has 1 amide bonds. The van der Waals surface area contributed by atoms with E-state index in [9.17, 15) is 18.3 Å². The highest BCUT2D eigenvalue weighted by Gasteiger charge is 2.39. The Morgan fingerprint density at radius 3 is 2.64 bits per heavy atom. The number of aliphatic hydroxyl groups is 1. The van der Waals surface area contributed by atoms with Crippen molar-refractivity contribution in [2.75, 3.05) is 31.0 Å². The normalized spacial score (nSPS) is 19.1. The predicted molar refractivity (Wildman–Crippen MR) is 125 cm³/mol. The number of nitrogens with one attached hydrogen (secondary N) is 1.